The Bertz CT molecular complexity index is 927. The van der Waals surface area contributed by atoms with E-state index in [0.717, 1.165) is 24.0 Å². The second-order valence-electron chi connectivity index (χ2n) is 6.68. The molecule has 0 saturated heterocycles. The van der Waals surface area contributed by atoms with Crippen molar-refractivity contribution in [3.63, 3.8) is 0 Å². The molecule has 0 heterocycles. The van der Waals surface area contributed by atoms with E-state index in [9.17, 15) is 13.2 Å². The molecule has 0 fully saturated rings. The first kappa shape index (κ1) is 21.6. The summed E-state index contributed by atoms with van der Waals surface area (Å²) < 4.78 is 29.8. The number of sulfone groups is 1. The Morgan fingerprint density at radius 2 is 1.50 bits per heavy atom. The Labute approximate surface area is 167 Å². The Hall–Kier alpha value is -2.66. The summed E-state index contributed by atoms with van der Waals surface area (Å²) in [6.45, 7) is 4.09. The van der Waals surface area contributed by atoms with Crippen molar-refractivity contribution in [2.24, 2.45) is 0 Å². The van der Waals surface area contributed by atoms with Gasteiger partial charge in [-0.3, -0.25) is 0 Å². The van der Waals surface area contributed by atoms with Crippen LogP contribution in [0.1, 0.15) is 37.0 Å². The number of carbonyl (C=O) groups is 1. The van der Waals surface area contributed by atoms with E-state index in [1.807, 2.05) is 26.0 Å². The molecule has 0 aliphatic heterocycles. The van der Waals surface area contributed by atoms with Crippen LogP contribution < -0.4 is 0 Å². The molecule has 0 amide bonds. The number of rotatable bonds is 9. The van der Waals surface area contributed by atoms with E-state index >= 15 is 0 Å². The Kier molecular flexibility index (Phi) is 8.20. The van der Waals surface area contributed by atoms with Crippen LogP contribution in [-0.4, -0.2) is 26.7 Å². The Morgan fingerprint density at radius 3 is 2.14 bits per heavy atom. The number of ether oxygens (including phenoxy) is 1. The van der Waals surface area contributed by atoms with Gasteiger partial charge in [-0.25, -0.2) is 13.2 Å². The van der Waals surface area contributed by atoms with Crippen molar-refractivity contribution in [3.05, 3.63) is 89.5 Å². The standard InChI is InChI=1S/C23H26O4S/c1-19(16-17-28(25,26)22-14-7-4-8-15-22)10-9-11-20(2)18-27-23(24)21-12-5-3-6-13-21/h3-8,11-16H,9-10,17-18H2,1-2H3/b19-16+,20-11+. The molecule has 4 nitrogen and oxygen atoms in total. The average molecular weight is 399 g/mol. The van der Waals surface area contributed by atoms with E-state index in [1.165, 1.54) is 0 Å². The topological polar surface area (TPSA) is 60.4 Å². The fraction of sp³-hybridized carbons (Fsp3) is 0.261. The average Bonchev–Trinajstić information content (AvgIpc) is 2.72. The minimum atomic E-state index is -3.29. The summed E-state index contributed by atoms with van der Waals surface area (Å²) in [6, 6.07) is 17.4. The zero-order chi connectivity index (χ0) is 20.4. The predicted octanol–water partition coefficient (Wildman–Crippen LogP) is 4.99. The van der Waals surface area contributed by atoms with Gasteiger partial charge in [-0.15, -0.1) is 0 Å². The second kappa shape index (κ2) is 10.6. The number of carbonyl (C=O) groups excluding carboxylic acids is 1. The molecule has 0 saturated carbocycles. The van der Waals surface area contributed by atoms with E-state index in [-0.39, 0.29) is 18.3 Å². The van der Waals surface area contributed by atoms with Gasteiger partial charge in [0.2, 0.25) is 0 Å². The first-order chi connectivity index (χ1) is 13.4. The first-order valence-electron chi connectivity index (χ1n) is 9.20. The van der Waals surface area contributed by atoms with Crippen molar-refractivity contribution in [2.45, 2.75) is 31.6 Å². The highest BCUT2D eigenvalue weighted by Crippen LogP contribution is 2.13. The maximum absolute atomic E-state index is 12.3. The molecule has 0 aliphatic rings. The third kappa shape index (κ3) is 7.16. The summed E-state index contributed by atoms with van der Waals surface area (Å²) in [4.78, 5) is 12.3. The molecule has 0 atom stereocenters. The predicted molar refractivity (Wildman–Crippen MR) is 112 cm³/mol. The van der Waals surface area contributed by atoms with E-state index in [4.69, 9.17) is 4.74 Å². The quantitative estimate of drug-likeness (QED) is 0.441. The van der Waals surface area contributed by atoms with Gasteiger partial charge in [-0.2, -0.15) is 0 Å². The van der Waals surface area contributed by atoms with Gasteiger partial charge >= 0.3 is 5.97 Å². The van der Waals surface area contributed by atoms with Gasteiger partial charge in [0.05, 0.1) is 16.2 Å². The van der Waals surface area contributed by atoms with Crippen molar-refractivity contribution in [3.8, 4) is 0 Å². The zero-order valence-electron chi connectivity index (χ0n) is 16.3. The minimum absolute atomic E-state index is 0.000230. The van der Waals surface area contributed by atoms with Crippen LogP contribution in [-0.2, 0) is 14.6 Å². The van der Waals surface area contributed by atoms with Crippen LogP contribution in [0.5, 0.6) is 0 Å². The van der Waals surface area contributed by atoms with Crippen molar-refractivity contribution >= 4 is 15.8 Å². The van der Waals surface area contributed by atoms with Crippen LogP contribution in [0.25, 0.3) is 0 Å². The Balaban J connectivity index is 1.78. The summed E-state index contributed by atoms with van der Waals surface area (Å²) in [5.41, 5.74) is 2.52. The maximum Gasteiger partial charge on any atom is 0.338 e. The highest BCUT2D eigenvalue weighted by atomic mass is 32.2. The summed E-state index contributed by atoms with van der Waals surface area (Å²) in [5, 5.41) is 0. The normalized spacial score (nSPS) is 12.6. The van der Waals surface area contributed by atoms with Gasteiger partial charge in [0, 0.05) is 0 Å². The molecule has 0 spiro atoms. The Morgan fingerprint density at radius 1 is 0.893 bits per heavy atom. The van der Waals surface area contributed by atoms with Gasteiger partial charge < -0.3 is 4.74 Å². The highest BCUT2D eigenvalue weighted by molar-refractivity contribution is 7.91. The molecule has 0 unspecified atom stereocenters. The van der Waals surface area contributed by atoms with Crippen LogP contribution in [0.15, 0.2) is 88.9 Å². The number of benzene rings is 2. The smallest absolute Gasteiger partial charge is 0.338 e. The van der Waals surface area contributed by atoms with E-state index in [2.05, 4.69) is 0 Å². The molecular weight excluding hydrogens is 372 g/mol. The van der Waals surface area contributed by atoms with Crippen molar-refractivity contribution in [2.75, 3.05) is 12.4 Å². The third-order valence-corrected chi connectivity index (χ3v) is 5.82. The van der Waals surface area contributed by atoms with Gasteiger partial charge in [0.15, 0.2) is 9.84 Å². The summed E-state index contributed by atoms with van der Waals surface area (Å²) in [5.74, 6) is -0.337. The molecule has 0 aromatic heterocycles. The van der Waals surface area contributed by atoms with Crippen molar-refractivity contribution < 1.29 is 17.9 Å². The molecule has 148 valence electrons. The second-order valence-corrected chi connectivity index (χ2v) is 8.71. The maximum atomic E-state index is 12.3. The van der Waals surface area contributed by atoms with Crippen LogP contribution in [0, 0.1) is 0 Å². The van der Waals surface area contributed by atoms with E-state index in [0.29, 0.717) is 10.5 Å². The lowest BCUT2D eigenvalue weighted by Crippen LogP contribution is -2.06. The van der Waals surface area contributed by atoms with Gasteiger partial charge in [-0.1, -0.05) is 54.1 Å². The molecule has 2 aromatic carbocycles. The van der Waals surface area contributed by atoms with Crippen LogP contribution in [0.4, 0.5) is 0 Å². The molecule has 0 bridgehead atoms. The minimum Gasteiger partial charge on any atom is -0.458 e. The third-order valence-electron chi connectivity index (χ3n) is 4.23. The summed E-state index contributed by atoms with van der Waals surface area (Å²) in [6.07, 6.45) is 5.30. The van der Waals surface area contributed by atoms with Crippen LogP contribution >= 0.6 is 0 Å². The summed E-state index contributed by atoms with van der Waals surface area (Å²) in [7, 11) is -3.29. The van der Waals surface area contributed by atoms with E-state index in [1.54, 1.807) is 60.7 Å². The first-order valence-corrected chi connectivity index (χ1v) is 10.8. The van der Waals surface area contributed by atoms with Crippen molar-refractivity contribution in [1.82, 2.24) is 0 Å². The molecule has 0 radical (unpaired) electrons. The fourth-order valence-corrected chi connectivity index (χ4v) is 3.79. The number of esters is 1. The van der Waals surface area contributed by atoms with Gasteiger partial charge in [-0.05, 0) is 56.5 Å². The largest absolute Gasteiger partial charge is 0.458 e. The van der Waals surface area contributed by atoms with Crippen molar-refractivity contribution in [1.29, 1.82) is 0 Å². The van der Waals surface area contributed by atoms with Crippen LogP contribution in [0.2, 0.25) is 0 Å². The van der Waals surface area contributed by atoms with Gasteiger partial charge in [0.25, 0.3) is 0 Å². The molecule has 0 N–H and O–H groups in total. The fourth-order valence-electron chi connectivity index (χ4n) is 2.52. The van der Waals surface area contributed by atoms with Crippen LogP contribution in [0.3, 0.4) is 0 Å². The lowest BCUT2D eigenvalue weighted by molar-refractivity contribution is 0.0540. The number of allylic oxidation sites excluding steroid dienone is 2. The SMILES string of the molecule is C/C(=C\CS(=O)(=O)c1ccccc1)CC/C=C(\C)COC(=O)c1ccccc1. The monoisotopic (exact) mass is 398 g/mol. The van der Waals surface area contributed by atoms with Gasteiger partial charge in [0.1, 0.15) is 6.61 Å². The molecule has 28 heavy (non-hydrogen) atoms. The molecule has 2 rings (SSSR count). The lowest BCUT2D eigenvalue weighted by Gasteiger charge is -2.06. The number of hydrogen-bond donors (Lipinski definition) is 0. The molecule has 0 aliphatic carbocycles. The van der Waals surface area contributed by atoms with E-state index < -0.39 is 9.84 Å². The molecule has 5 heteroatoms. The number of hydrogen-bond acceptors (Lipinski definition) is 4. The lowest BCUT2D eigenvalue weighted by atomic mass is 10.1. The summed E-state index contributed by atoms with van der Waals surface area (Å²) >= 11 is 0. The molecular formula is C23H26O4S. The highest BCUT2D eigenvalue weighted by Gasteiger charge is 2.11. The molecule has 2 aromatic rings. The zero-order valence-corrected chi connectivity index (χ0v) is 17.1.